The van der Waals surface area contributed by atoms with E-state index in [1.54, 1.807) is 0 Å². The van der Waals surface area contributed by atoms with E-state index in [1.807, 2.05) is 0 Å². The summed E-state index contributed by atoms with van der Waals surface area (Å²) < 4.78 is 0. The van der Waals surface area contributed by atoms with Crippen molar-refractivity contribution in [2.45, 2.75) is 40.3 Å². The molecule has 1 saturated heterocycles. The van der Waals surface area contributed by atoms with Crippen molar-refractivity contribution in [3.05, 3.63) is 0 Å². The highest BCUT2D eigenvalue weighted by Gasteiger charge is 2.29. The van der Waals surface area contributed by atoms with E-state index in [0.29, 0.717) is 6.17 Å². The number of nitrogens with one attached hydrogen (secondary N) is 2. The third kappa shape index (κ3) is 2.24. The molecule has 1 rings (SSSR count). The van der Waals surface area contributed by atoms with Gasteiger partial charge in [-0.1, -0.05) is 13.8 Å². The second-order valence-electron chi connectivity index (χ2n) is 3.34. The highest BCUT2D eigenvalue weighted by molar-refractivity contribution is 4.66. The van der Waals surface area contributed by atoms with Crippen LogP contribution in [0.3, 0.4) is 0 Å². The fourth-order valence-corrected chi connectivity index (χ4v) is 1.87. The van der Waals surface area contributed by atoms with Gasteiger partial charge in [0.15, 0.2) is 0 Å². The maximum Gasteiger partial charge on any atom is 0.0887 e. The Kier molecular flexibility index (Phi) is 4.77. The van der Waals surface area contributed by atoms with Crippen LogP contribution in [0.25, 0.3) is 0 Å². The Bertz CT molecular complexity index is 145. The van der Waals surface area contributed by atoms with Crippen LogP contribution in [0.15, 0.2) is 0 Å². The lowest BCUT2D eigenvalue weighted by molar-refractivity contribution is -0.273. The third-order valence-electron chi connectivity index (χ3n) is 2.59. The molecular weight excluding hydrogens is 178 g/mol. The van der Waals surface area contributed by atoms with Crippen molar-refractivity contribution in [3.8, 4) is 0 Å². The van der Waals surface area contributed by atoms with E-state index < -0.39 is 0 Å². The van der Waals surface area contributed by atoms with Crippen LogP contribution in [0.2, 0.25) is 0 Å². The van der Waals surface area contributed by atoms with Gasteiger partial charge in [0.1, 0.15) is 0 Å². The van der Waals surface area contributed by atoms with Crippen molar-refractivity contribution in [2.75, 3.05) is 19.6 Å². The van der Waals surface area contributed by atoms with Crippen molar-refractivity contribution in [3.63, 3.8) is 0 Å². The molecule has 0 radical (unpaired) electrons. The van der Waals surface area contributed by atoms with Crippen LogP contribution in [0.4, 0.5) is 0 Å². The molecule has 5 nitrogen and oxygen atoms in total. The van der Waals surface area contributed by atoms with Gasteiger partial charge in [0, 0.05) is 19.6 Å². The van der Waals surface area contributed by atoms with E-state index in [1.165, 1.54) is 0 Å². The highest BCUT2D eigenvalue weighted by Crippen LogP contribution is 2.11. The maximum atomic E-state index is 3.30. The van der Waals surface area contributed by atoms with Gasteiger partial charge in [0.05, 0.1) is 6.17 Å². The smallest absolute Gasteiger partial charge is 0.0887 e. The van der Waals surface area contributed by atoms with Crippen LogP contribution in [0.5, 0.6) is 0 Å². The minimum Gasteiger partial charge on any atom is -0.224 e. The average Bonchev–Trinajstić information content (AvgIpc) is 2.26. The summed E-state index contributed by atoms with van der Waals surface area (Å²) in [6.07, 6.45) is 1.48. The van der Waals surface area contributed by atoms with Crippen LogP contribution < -0.4 is 11.0 Å². The standard InChI is InChI=1S/C9H23N5/c1-5-9-10-11-13(7-3)14(8-4)12(9)6-2/h9-11H,5-8H2,1-4H3. The molecule has 5 heteroatoms. The van der Waals surface area contributed by atoms with E-state index >= 15 is 0 Å². The van der Waals surface area contributed by atoms with Crippen LogP contribution in [0.1, 0.15) is 34.1 Å². The largest absolute Gasteiger partial charge is 0.224 e. The Morgan fingerprint density at radius 3 is 2.14 bits per heavy atom. The fourth-order valence-electron chi connectivity index (χ4n) is 1.87. The van der Waals surface area contributed by atoms with Crippen molar-refractivity contribution in [1.29, 1.82) is 0 Å². The fraction of sp³-hybridized carbons (Fsp3) is 1.00. The summed E-state index contributed by atoms with van der Waals surface area (Å²) in [6, 6.07) is 0. The normalized spacial score (nSPS) is 27.0. The third-order valence-corrected chi connectivity index (χ3v) is 2.59. The summed E-state index contributed by atoms with van der Waals surface area (Å²) >= 11 is 0. The number of hydrazine groups is 4. The Morgan fingerprint density at radius 2 is 1.71 bits per heavy atom. The predicted molar refractivity (Wildman–Crippen MR) is 57.5 cm³/mol. The SMILES string of the molecule is CCC1NNN(CC)N(CC)N1CC. The Balaban J connectivity index is 2.67. The van der Waals surface area contributed by atoms with Crippen LogP contribution in [-0.2, 0) is 0 Å². The van der Waals surface area contributed by atoms with E-state index in [4.69, 9.17) is 0 Å². The zero-order valence-corrected chi connectivity index (χ0v) is 9.75. The van der Waals surface area contributed by atoms with E-state index in [2.05, 4.69) is 53.9 Å². The monoisotopic (exact) mass is 201 g/mol. The first-order valence-electron chi connectivity index (χ1n) is 5.61. The summed E-state index contributed by atoms with van der Waals surface area (Å²) in [5.41, 5.74) is 6.50. The summed E-state index contributed by atoms with van der Waals surface area (Å²) in [7, 11) is 0. The molecule has 1 aliphatic heterocycles. The maximum absolute atomic E-state index is 3.30. The average molecular weight is 201 g/mol. The van der Waals surface area contributed by atoms with Crippen LogP contribution >= 0.6 is 0 Å². The van der Waals surface area contributed by atoms with Crippen molar-refractivity contribution in [1.82, 2.24) is 26.2 Å². The number of rotatable bonds is 4. The molecule has 1 fully saturated rings. The van der Waals surface area contributed by atoms with Gasteiger partial charge in [-0.25, -0.2) is 10.4 Å². The molecule has 1 heterocycles. The van der Waals surface area contributed by atoms with Crippen molar-refractivity contribution in [2.24, 2.45) is 0 Å². The Hall–Kier alpha value is -0.200. The lowest BCUT2D eigenvalue weighted by Crippen LogP contribution is -2.73. The molecule has 1 unspecified atom stereocenters. The highest BCUT2D eigenvalue weighted by atomic mass is 16.0. The molecule has 1 aliphatic rings. The molecule has 2 N–H and O–H groups in total. The quantitative estimate of drug-likeness (QED) is 0.694. The number of nitrogens with zero attached hydrogens (tertiary/aromatic N) is 3. The van der Waals surface area contributed by atoms with Gasteiger partial charge < -0.3 is 0 Å². The van der Waals surface area contributed by atoms with Gasteiger partial charge in [-0.05, 0) is 20.3 Å². The lowest BCUT2D eigenvalue weighted by atomic mass is 10.3. The first-order valence-corrected chi connectivity index (χ1v) is 5.61. The first kappa shape index (κ1) is 11.9. The molecule has 0 aliphatic carbocycles. The van der Waals surface area contributed by atoms with E-state index in [0.717, 1.165) is 26.1 Å². The lowest BCUT2D eigenvalue weighted by Gasteiger charge is -2.49. The van der Waals surface area contributed by atoms with Gasteiger partial charge in [-0.2, -0.15) is 15.8 Å². The molecule has 0 saturated carbocycles. The topological polar surface area (TPSA) is 33.8 Å². The first-order chi connectivity index (χ1) is 6.78. The van der Waals surface area contributed by atoms with Crippen molar-refractivity contribution >= 4 is 0 Å². The zero-order valence-electron chi connectivity index (χ0n) is 9.75. The van der Waals surface area contributed by atoms with Gasteiger partial charge in [0.25, 0.3) is 0 Å². The van der Waals surface area contributed by atoms with E-state index in [9.17, 15) is 0 Å². The molecule has 0 aromatic heterocycles. The van der Waals surface area contributed by atoms with Gasteiger partial charge >= 0.3 is 0 Å². The van der Waals surface area contributed by atoms with Crippen molar-refractivity contribution < 1.29 is 0 Å². The molecule has 0 aromatic rings. The van der Waals surface area contributed by atoms with Crippen LogP contribution in [-0.4, -0.2) is 41.0 Å². The number of hydrogen-bond acceptors (Lipinski definition) is 5. The second kappa shape index (κ2) is 5.63. The molecule has 0 spiro atoms. The molecule has 0 bridgehead atoms. The summed E-state index contributed by atoms with van der Waals surface area (Å²) in [5.74, 6) is 0. The van der Waals surface area contributed by atoms with Gasteiger partial charge in [-0.15, -0.1) is 0 Å². The predicted octanol–water partition coefficient (Wildman–Crippen LogP) is 0.541. The zero-order chi connectivity index (χ0) is 10.6. The Labute approximate surface area is 86.9 Å². The van der Waals surface area contributed by atoms with Crippen LogP contribution in [0, 0.1) is 0 Å². The summed E-state index contributed by atoms with van der Waals surface area (Å²) in [4.78, 5) is 0. The van der Waals surface area contributed by atoms with E-state index in [-0.39, 0.29) is 0 Å². The molecule has 0 aromatic carbocycles. The van der Waals surface area contributed by atoms with Gasteiger partial charge in [-0.3, -0.25) is 0 Å². The second-order valence-corrected chi connectivity index (χ2v) is 3.34. The number of hydrogen-bond donors (Lipinski definition) is 2. The molecule has 0 amide bonds. The Morgan fingerprint density at radius 1 is 1.00 bits per heavy atom. The molecular formula is C9H23N5. The minimum absolute atomic E-state index is 0.391. The minimum atomic E-state index is 0.391. The summed E-state index contributed by atoms with van der Waals surface area (Å²) in [6.45, 7) is 11.7. The summed E-state index contributed by atoms with van der Waals surface area (Å²) in [5, 5.41) is 6.69. The molecule has 1 atom stereocenters. The van der Waals surface area contributed by atoms with Gasteiger partial charge in [0.2, 0.25) is 0 Å². The molecule has 84 valence electrons. The molecule has 14 heavy (non-hydrogen) atoms.